The van der Waals surface area contributed by atoms with E-state index in [1.54, 1.807) is 0 Å². The lowest BCUT2D eigenvalue weighted by molar-refractivity contribution is -0.138. The van der Waals surface area contributed by atoms with Gasteiger partial charge in [0.05, 0.1) is 11.2 Å². The van der Waals surface area contributed by atoms with Crippen LogP contribution in [0.3, 0.4) is 0 Å². The van der Waals surface area contributed by atoms with Gasteiger partial charge in [-0.1, -0.05) is 117 Å². The van der Waals surface area contributed by atoms with Gasteiger partial charge < -0.3 is 5.11 Å². The van der Waals surface area contributed by atoms with Gasteiger partial charge in [0.25, 0.3) is 0 Å². The molecule has 0 atom stereocenters. The lowest BCUT2D eigenvalue weighted by atomic mass is 9.84. The van der Waals surface area contributed by atoms with Crippen molar-refractivity contribution in [3.8, 4) is 0 Å². The number of allylic oxidation sites excluding steroid dienone is 2. The summed E-state index contributed by atoms with van der Waals surface area (Å²) in [6, 6.07) is 32.0. The van der Waals surface area contributed by atoms with Crippen molar-refractivity contribution in [2.24, 2.45) is 5.41 Å². The van der Waals surface area contributed by atoms with Gasteiger partial charge in [-0.15, -0.1) is 11.8 Å². The molecule has 0 aliphatic heterocycles. The SMILES string of the molecule is CC(C)(/C=C/CCSC(c1ccccc1)(c1ccccc1)c1ccccc1)CC(=O)O. The van der Waals surface area contributed by atoms with E-state index < -0.39 is 5.97 Å². The van der Waals surface area contributed by atoms with Crippen LogP contribution in [0.5, 0.6) is 0 Å². The normalized spacial score (nSPS) is 12.2. The summed E-state index contributed by atoms with van der Waals surface area (Å²) in [7, 11) is 0. The number of thioether (sulfide) groups is 1. The van der Waals surface area contributed by atoms with Gasteiger partial charge in [-0.25, -0.2) is 0 Å². The molecule has 0 fully saturated rings. The largest absolute Gasteiger partial charge is 0.481 e. The van der Waals surface area contributed by atoms with Crippen molar-refractivity contribution in [3.05, 3.63) is 120 Å². The lowest BCUT2D eigenvalue weighted by Crippen LogP contribution is -2.26. The van der Waals surface area contributed by atoms with Crippen molar-refractivity contribution in [1.82, 2.24) is 0 Å². The van der Waals surface area contributed by atoms with Crippen LogP contribution >= 0.6 is 11.8 Å². The second-order valence-corrected chi connectivity index (χ2v) is 9.69. The van der Waals surface area contributed by atoms with Crippen LogP contribution in [0.25, 0.3) is 0 Å². The molecule has 0 radical (unpaired) electrons. The van der Waals surface area contributed by atoms with Crippen LogP contribution in [0.1, 0.15) is 43.4 Å². The summed E-state index contributed by atoms with van der Waals surface area (Å²) in [5.41, 5.74) is 3.43. The summed E-state index contributed by atoms with van der Waals surface area (Å²) in [4.78, 5) is 11.1. The van der Waals surface area contributed by atoms with Gasteiger partial charge in [-0.05, 0) is 34.3 Å². The fraction of sp³-hybridized carbons (Fsp3) is 0.250. The first-order valence-corrected chi connectivity index (χ1v) is 11.6. The van der Waals surface area contributed by atoms with Crippen molar-refractivity contribution in [2.45, 2.75) is 31.4 Å². The smallest absolute Gasteiger partial charge is 0.304 e. The van der Waals surface area contributed by atoms with Crippen molar-refractivity contribution in [1.29, 1.82) is 0 Å². The maximum atomic E-state index is 11.1. The summed E-state index contributed by atoms with van der Waals surface area (Å²) in [6.45, 7) is 3.93. The Morgan fingerprint density at radius 3 is 1.61 bits per heavy atom. The maximum Gasteiger partial charge on any atom is 0.304 e. The molecule has 160 valence electrons. The fourth-order valence-corrected chi connectivity index (χ4v) is 5.37. The van der Waals surface area contributed by atoms with E-state index in [1.807, 2.05) is 31.7 Å². The van der Waals surface area contributed by atoms with Crippen molar-refractivity contribution in [2.75, 3.05) is 5.75 Å². The minimum absolute atomic E-state index is 0.138. The van der Waals surface area contributed by atoms with Crippen molar-refractivity contribution >= 4 is 17.7 Å². The summed E-state index contributed by atoms with van der Waals surface area (Å²) in [5.74, 6) is 0.151. The summed E-state index contributed by atoms with van der Waals surface area (Å²) >= 11 is 1.93. The Morgan fingerprint density at radius 1 is 0.806 bits per heavy atom. The second-order valence-electron chi connectivity index (χ2n) is 8.38. The summed E-state index contributed by atoms with van der Waals surface area (Å²) in [6.07, 6.45) is 5.18. The van der Waals surface area contributed by atoms with Crippen molar-refractivity contribution < 1.29 is 9.90 Å². The first-order chi connectivity index (χ1) is 14.9. The van der Waals surface area contributed by atoms with Crippen LogP contribution < -0.4 is 0 Å². The van der Waals surface area contributed by atoms with Gasteiger partial charge in [-0.3, -0.25) is 4.79 Å². The van der Waals surface area contributed by atoms with Gasteiger partial charge >= 0.3 is 5.97 Å². The number of carboxylic acids is 1. The Balaban J connectivity index is 1.93. The van der Waals surface area contributed by atoms with E-state index in [9.17, 15) is 4.79 Å². The van der Waals surface area contributed by atoms with Gasteiger partial charge in [-0.2, -0.15) is 0 Å². The zero-order chi connectivity index (χ0) is 22.2. The predicted octanol–water partition coefficient (Wildman–Crippen LogP) is 7.16. The molecule has 0 saturated carbocycles. The number of aliphatic carboxylic acids is 1. The minimum atomic E-state index is -0.764. The minimum Gasteiger partial charge on any atom is -0.481 e. The molecule has 3 aromatic rings. The van der Waals surface area contributed by atoms with Gasteiger partial charge in [0, 0.05) is 0 Å². The first-order valence-electron chi connectivity index (χ1n) is 10.6. The fourth-order valence-electron chi connectivity index (χ4n) is 3.90. The molecular formula is C28H30O2S. The standard InChI is InChI=1S/C28H30O2S/c1-27(2,22-26(29)30)20-12-13-21-31-28(23-14-6-3-7-15-23,24-16-8-4-9-17-24)25-18-10-5-11-19-25/h3-12,14-20H,13,21-22H2,1-2H3,(H,29,30)/b20-12+. The van der Waals surface area contributed by atoms with Crippen LogP contribution in [-0.2, 0) is 9.54 Å². The third-order valence-electron chi connectivity index (χ3n) is 5.32. The molecule has 31 heavy (non-hydrogen) atoms. The van der Waals surface area contributed by atoms with E-state index in [2.05, 4.69) is 97.1 Å². The lowest BCUT2D eigenvalue weighted by Gasteiger charge is -2.35. The zero-order valence-electron chi connectivity index (χ0n) is 18.2. The second kappa shape index (κ2) is 10.5. The van der Waals surface area contributed by atoms with E-state index in [4.69, 9.17) is 5.11 Å². The van der Waals surface area contributed by atoms with Crippen LogP contribution in [0.2, 0.25) is 0 Å². The molecule has 3 heteroatoms. The monoisotopic (exact) mass is 430 g/mol. The molecule has 0 heterocycles. The molecule has 0 aliphatic carbocycles. The van der Waals surface area contributed by atoms with E-state index in [0.29, 0.717) is 0 Å². The zero-order valence-corrected chi connectivity index (χ0v) is 19.0. The Labute approximate surface area is 190 Å². The Morgan fingerprint density at radius 2 is 1.23 bits per heavy atom. The molecule has 3 rings (SSSR count). The summed E-state index contributed by atoms with van der Waals surface area (Å²) < 4.78 is -0.311. The van der Waals surface area contributed by atoms with Crippen LogP contribution in [0.4, 0.5) is 0 Å². The molecule has 1 N–H and O–H groups in total. The average molecular weight is 431 g/mol. The Bertz CT molecular complexity index is 883. The molecule has 0 aromatic heterocycles. The van der Waals surface area contributed by atoms with E-state index >= 15 is 0 Å². The third-order valence-corrected chi connectivity index (χ3v) is 6.90. The van der Waals surface area contributed by atoms with E-state index in [0.717, 1.165) is 12.2 Å². The first kappa shape index (κ1) is 22.9. The number of hydrogen-bond donors (Lipinski definition) is 1. The van der Waals surface area contributed by atoms with Crippen molar-refractivity contribution in [3.63, 3.8) is 0 Å². The quantitative estimate of drug-likeness (QED) is 0.211. The highest BCUT2D eigenvalue weighted by molar-refractivity contribution is 8.00. The molecule has 0 bridgehead atoms. The van der Waals surface area contributed by atoms with Crippen LogP contribution in [0, 0.1) is 5.41 Å². The number of hydrogen-bond acceptors (Lipinski definition) is 2. The van der Waals surface area contributed by atoms with Crippen LogP contribution in [0.15, 0.2) is 103 Å². The molecule has 0 unspecified atom stereocenters. The number of benzene rings is 3. The Hall–Kier alpha value is -2.78. The maximum absolute atomic E-state index is 11.1. The molecule has 2 nitrogen and oxygen atoms in total. The number of rotatable bonds is 10. The molecule has 0 spiro atoms. The van der Waals surface area contributed by atoms with Gasteiger partial charge in [0.2, 0.25) is 0 Å². The molecule has 3 aromatic carbocycles. The number of carboxylic acid groups (broad SMARTS) is 1. The summed E-state index contributed by atoms with van der Waals surface area (Å²) in [5, 5.41) is 9.10. The molecule has 0 saturated heterocycles. The molecule has 0 amide bonds. The van der Waals surface area contributed by atoms with Crippen LogP contribution in [-0.4, -0.2) is 16.8 Å². The van der Waals surface area contributed by atoms with Gasteiger partial charge in [0.15, 0.2) is 0 Å². The highest BCUT2D eigenvalue weighted by atomic mass is 32.2. The third kappa shape index (κ3) is 5.89. The Kier molecular flexibility index (Phi) is 7.75. The van der Waals surface area contributed by atoms with E-state index in [1.165, 1.54) is 16.7 Å². The topological polar surface area (TPSA) is 37.3 Å². The highest BCUT2D eigenvalue weighted by Crippen LogP contribution is 2.48. The predicted molar refractivity (Wildman–Crippen MR) is 131 cm³/mol. The molecule has 0 aliphatic rings. The number of carbonyl (C=O) groups is 1. The highest BCUT2D eigenvalue weighted by Gasteiger charge is 2.36. The average Bonchev–Trinajstić information content (AvgIpc) is 2.77. The molecular weight excluding hydrogens is 400 g/mol. The van der Waals surface area contributed by atoms with Gasteiger partial charge in [0.1, 0.15) is 0 Å². The van der Waals surface area contributed by atoms with E-state index in [-0.39, 0.29) is 16.6 Å².